The normalized spacial score (nSPS) is 11.4. The number of aromatic nitrogens is 2. The number of anilines is 2. The predicted molar refractivity (Wildman–Crippen MR) is 64.4 cm³/mol. The number of hydrogen-bond acceptors (Lipinski definition) is 6. The maximum atomic E-state index is 11.0. The van der Waals surface area contributed by atoms with Gasteiger partial charge in [0, 0.05) is 19.8 Å². The Morgan fingerprint density at radius 3 is 2.75 bits per heavy atom. The zero-order chi connectivity index (χ0) is 12.3. The molecule has 0 unspecified atom stereocenters. The van der Waals surface area contributed by atoms with Crippen LogP contribution in [0.25, 0.3) is 0 Å². The van der Waals surface area contributed by atoms with Crippen molar-refractivity contribution < 1.29 is 8.42 Å². The molecule has 0 saturated carbocycles. The minimum Gasteiger partial charge on any atom is -0.368 e. The second-order valence-electron chi connectivity index (χ2n) is 3.45. The molecule has 16 heavy (non-hydrogen) atoms. The molecule has 1 aromatic heterocycles. The van der Waals surface area contributed by atoms with Crippen LogP contribution in [0.3, 0.4) is 0 Å². The molecular formula is C8H13ClN4O2S. The van der Waals surface area contributed by atoms with E-state index in [1.54, 1.807) is 11.9 Å². The van der Waals surface area contributed by atoms with E-state index in [0.29, 0.717) is 17.4 Å². The average molecular weight is 265 g/mol. The quantitative estimate of drug-likeness (QED) is 0.835. The third kappa shape index (κ3) is 3.82. The first-order valence-electron chi connectivity index (χ1n) is 4.46. The fraction of sp³-hybridized carbons (Fsp3) is 0.500. The third-order valence-electron chi connectivity index (χ3n) is 1.90. The first kappa shape index (κ1) is 13.0. The smallest absolute Gasteiger partial charge is 0.222 e. The molecule has 1 aromatic rings. The van der Waals surface area contributed by atoms with E-state index in [1.807, 2.05) is 0 Å². The van der Waals surface area contributed by atoms with Crippen molar-refractivity contribution >= 4 is 33.2 Å². The summed E-state index contributed by atoms with van der Waals surface area (Å²) in [4.78, 5) is 9.29. The molecule has 8 heteroatoms. The van der Waals surface area contributed by atoms with E-state index in [2.05, 4.69) is 9.97 Å². The highest BCUT2D eigenvalue weighted by Crippen LogP contribution is 2.21. The van der Waals surface area contributed by atoms with E-state index in [1.165, 1.54) is 12.5 Å². The number of nitrogens with zero attached hydrogens (tertiary/aromatic N) is 3. The maximum absolute atomic E-state index is 11.0. The van der Waals surface area contributed by atoms with Gasteiger partial charge in [-0.2, -0.15) is 4.98 Å². The van der Waals surface area contributed by atoms with Gasteiger partial charge < -0.3 is 10.6 Å². The van der Waals surface area contributed by atoms with Gasteiger partial charge in [-0.1, -0.05) is 11.6 Å². The third-order valence-corrected chi connectivity index (χ3v) is 3.09. The van der Waals surface area contributed by atoms with Gasteiger partial charge in [-0.05, 0) is 0 Å². The summed E-state index contributed by atoms with van der Waals surface area (Å²) in [6, 6.07) is 0. The lowest BCUT2D eigenvalue weighted by atomic mass is 10.5. The van der Waals surface area contributed by atoms with E-state index in [4.69, 9.17) is 17.3 Å². The Kier molecular flexibility index (Phi) is 3.93. The Morgan fingerprint density at radius 2 is 2.19 bits per heavy atom. The fourth-order valence-corrected chi connectivity index (χ4v) is 1.89. The van der Waals surface area contributed by atoms with Crippen LogP contribution in [0.4, 0.5) is 11.8 Å². The molecule has 0 radical (unpaired) electrons. The topological polar surface area (TPSA) is 89.2 Å². The number of nitrogen functional groups attached to an aromatic ring is 1. The Labute approximate surface area is 99.4 Å². The summed E-state index contributed by atoms with van der Waals surface area (Å²) in [7, 11) is -1.32. The van der Waals surface area contributed by atoms with E-state index in [0.717, 1.165) is 0 Å². The fourth-order valence-electron chi connectivity index (χ4n) is 1.05. The second kappa shape index (κ2) is 4.84. The highest BCUT2D eigenvalue weighted by atomic mass is 35.5. The van der Waals surface area contributed by atoms with Gasteiger partial charge in [-0.25, -0.2) is 13.4 Å². The van der Waals surface area contributed by atoms with Crippen molar-refractivity contribution in [3.05, 3.63) is 11.2 Å². The predicted octanol–water partition coefficient (Wildman–Crippen LogP) is 0.193. The molecule has 0 atom stereocenters. The SMILES string of the molecule is CN(CCS(C)(=O)=O)c1nc(N)ncc1Cl. The van der Waals surface area contributed by atoms with Crippen molar-refractivity contribution in [1.29, 1.82) is 0 Å². The molecule has 0 amide bonds. The van der Waals surface area contributed by atoms with Crippen molar-refractivity contribution in [3.63, 3.8) is 0 Å². The summed E-state index contributed by atoms with van der Waals surface area (Å²) in [5.74, 6) is 0.562. The van der Waals surface area contributed by atoms with Gasteiger partial charge in [0.15, 0.2) is 5.82 Å². The maximum Gasteiger partial charge on any atom is 0.222 e. The molecule has 0 saturated heterocycles. The lowest BCUT2D eigenvalue weighted by molar-refractivity contribution is 0.601. The van der Waals surface area contributed by atoms with Gasteiger partial charge >= 0.3 is 0 Å². The standard InChI is InChI=1S/C8H13ClN4O2S/c1-13(3-4-16(2,14)15)7-6(9)5-11-8(10)12-7/h5H,3-4H2,1-2H3,(H2,10,11,12). The number of nitrogens with two attached hydrogens (primary N) is 1. The lowest BCUT2D eigenvalue weighted by Gasteiger charge is -2.18. The van der Waals surface area contributed by atoms with Crippen LogP contribution in [0.1, 0.15) is 0 Å². The number of rotatable bonds is 4. The van der Waals surface area contributed by atoms with E-state index in [-0.39, 0.29) is 11.7 Å². The molecule has 6 nitrogen and oxygen atoms in total. The zero-order valence-corrected chi connectivity index (χ0v) is 10.6. The van der Waals surface area contributed by atoms with E-state index < -0.39 is 9.84 Å². The van der Waals surface area contributed by atoms with Crippen LogP contribution >= 0.6 is 11.6 Å². The zero-order valence-electron chi connectivity index (χ0n) is 9.01. The van der Waals surface area contributed by atoms with Crippen molar-refractivity contribution in [2.75, 3.05) is 36.2 Å². The summed E-state index contributed by atoms with van der Waals surface area (Å²) < 4.78 is 22.0. The van der Waals surface area contributed by atoms with Crippen LogP contribution in [0.2, 0.25) is 5.02 Å². The van der Waals surface area contributed by atoms with Crippen molar-refractivity contribution in [2.24, 2.45) is 0 Å². The number of halogens is 1. The van der Waals surface area contributed by atoms with Gasteiger partial charge in [-0.15, -0.1) is 0 Å². The van der Waals surface area contributed by atoms with Gasteiger partial charge in [0.1, 0.15) is 14.9 Å². The Morgan fingerprint density at radius 1 is 1.56 bits per heavy atom. The first-order chi connectivity index (χ1) is 7.29. The van der Waals surface area contributed by atoms with E-state index in [9.17, 15) is 8.42 Å². The summed E-state index contributed by atoms with van der Waals surface area (Å²) in [5, 5.41) is 0.338. The molecule has 0 fully saturated rings. The van der Waals surface area contributed by atoms with E-state index >= 15 is 0 Å². The Bertz CT molecular complexity index is 477. The number of hydrogen-bond donors (Lipinski definition) is 1. The average Bonchev–Trinajstić information content (AvgIpc) is 2.17. The lowest BCUT2D eigenvalue weighted by Crippen LogP contribution is -2.26. The van der Waals surface area contributed by atoms with Crippen molar-refractivity contribution in [1.82, 2.24) is 9.97 Å². The number of sulfone groups is 1. The minimum atomic E-state index is -3.01. The molecule has 1 rings (SSSR count). The summed E-state index contributed by atoms with van der Waals surface area (Å²) in [6.07, 6.45) is 2.56. The molecule has 90 valence electrons. The molecule has 1 heterocycles. The largest absolute Gasteiger partial charge is 0.368 e. The highest BCUT2D eigenvalue weighted by Gasteiger charge is 2.11. The molecule has 0 bridgehead atoms. The Balaban J connectivity index is 2.80. The van der Waals surface area contributed by atoms with Gasteiger partial charge in [0.05, 0.1) is 11.9 Å². The molecule has 0 aromatic carbocycles. The summed E-state index contributed by atoms with van der Waals surface area (Å²) >= 11 is 5.87. The monoisotopic (exact) mass is 264 g/mol. The summed E-state index contributed by atoms with van der Waals surface area (Å²) in [5.41, 5.74) is 5.42. The van der Waals surface area contributed by atoms with Crippen LogP contribution < -0.4 is 10.6 Å². The molecule has 0 aliphatic rings. The molecule has 0 aliphatic carbocycles. The van der Waals surface area contributed by atoms with Gasteiger partial charge in [0.25, 0.3) is 0 Å². The van der Waals surface area contributed by atoms with Gasteiger partial charge in [0.2, 0.25) is 5.95 Å². The summed E-state index contributed by atoms with van der Waals surface area (Å²) in [6.45, 7) is 0.301. The van der Waals surface area contributed by atoms with Crippen LogP contribution in [-0.2, 0) is 9.84 Å². The van der Waals surface area contributed by atoms with Crippen LogP contribution in [0.5, 0.6) is 0 Å². The molecule has 2 N–H and O–H groups in total. The first-order valence-corrected chi connectivity index (χ1v) is 6.90. The van der Waals surface area contributed by atoms with Crippen LogP contribution in [0.15, 0.2) is 6.20 Å². The van der Waals surface area contributed by atoms with Crippen molar-refractivity contribution in [2.45, 2.75) is 0 Å². The second-order valence-corrected chi connectivity index (χ2v) is 6.12. The van der Waals surface area contributed by atoms with Crippen LogP contribution in [0, 0.1) is 0 Å². The van der Waals surface area contributed by atoms with Crippen molar-refractivity contribution in [3.8, 4) is 0 Å². The highest BCUT2D eigenvalue weighted by molar-refractivity contribution is 7.90. The molecule has 0 aliphatic heterocycles. The molecular weight excluding hydrogens is 252 g/mol. The van der Waals surface area contributed by atoms with Crippen LogP contribution in [-0.4, -0.2) is 44.0 Å². The Hall–Kier alpha value is -1.08. The van der Waals surface area contributed by atoms with Gasteiger partial charge in [-0.3, -0.25) is 0 Å². The molecule has 0 spiro atoms. The minimum absolute atomic E-state index is 0.0315.